The second-order valence-electron chi connectivity index (χ2n) is 5.62. The summed E-state index contributed by atoms with van der Waals surface area (Å²) in [4.78, 5) is 29.3. The van der Waals surface area contributed by atoms with E-state index in [0.29, 0.717) is 19.4 Å². The Morgan fingerprint density at radius 1 is 1.31 bits per heavy atom. The van der Waals surface area contributed by atoms with E-state index in [4.69, 9.17) is 4.74 Å². The second kappa shape index (κ2) is 8.17. The van der Waals surface area contributed by atoms with Crippen LogP contribution in [0.15, 0.2) is 21.7 Å². The highest BCUT2D eigenvalue weighted by Crippen LogP contribution is 2.38. The first-order valence-electron chi connectivity index (χ1n) is 8.05. The summed E-state index contributed by atoms with van der Waals surface area (Å²) in [6, 6.07) is 1.97. The van der Waals surface area contributed by atoms with Crippen molar-refractivity contribution in [1.82, 2.24) is 9.66 Å². The second-order valence-corrected chi connectivity index (χ2v) is 6.21. The van der Waals surface area contributed by atoms with Crippen molar-refractivity contribution in [3.63, 3.8) is 0 Å². The van der Waals surface area contributed by atoms with Crippen LogP contribution in [0.2, 0.25) is 0 Å². The van der Waals surface area contributed by atoms with E-state index in [9.17, 15) is 22.8 Å². The van der Waals surface area contributed by atoms with Crippen molar-refractivity contribution in [1.29, 1.82) is 0 Å². The molecule has 26 heavy (non-hydrogen) atoms. The van der Waals surface area contributed by atoms with Gasteiger partial charge in [0, 0.05) is 12.9 Å². The average Bonchev–Trinajstić information content (AvgIpc) is 2.58. The SMILES string of the molecule is CCCOC(CC)c1cc2c(=O)n(NSC)c(=O)[nH]c2cc1C(F)(F)F. The topological polar surface area (TPSA) is 76.1 Å². The van der Waals surface area contributed by atoms with E-state index in [1.54, 1.807) is 13.2 Å². The summed E-state index contributed by atoms with van der Waals surface area (Å²) in [5.74, 6) is 0. The third-order valence-electron chi connectivity index (χ3n) is 3.80. The van der Waals surface area contributed by atoms with Crippen LogP contribution in [0.1, 0.15) is 43.9 Å². The predicted octanol–water partition coefficient (Wildman–Crippen LogP) is 3.41. The largest absolute Gasteiger partial charge is 0.416 e. The standard InChI is InChI=1S/C16H20F3N3O3S/c1-4-6-25-13(5-2)9-7-10-12(8-11(9)16(17,18)19)20-15(24)22(14(10)23)21-26-3/h7-8,13,21H,4-6H2,1-3H3,(H,20,24). The summed E-state index contributed by atoms with van der Waals surface area (Å²) in [5, 5.41) is -0.0206. The summed E-state index contributed by atoms with van der Waals surface area (Å²) in [6.07, 6.45) is -2.86. The number of nitrogens with zero attached hydrogens (tertiary/aromatic N) is 1. The zero-order valence-corrected chi connectivity index (χ0v) is 15.4. The normalized spacial score (nSPS) is 13.2. The van der Waals surface area contributed by atoms with Gasteiger partial charge < -0.3 is 9.72 Å². The number of ether oxygens (including phenoxy) is 1. The zero-order chi connectivity index (χ0) is 19.5. The monoisotopic (exact) mass is 391 g/mol. The van der Waals surface area contributed by atoms with Crippen LogP contribution in [-0.4, -0.2) is 22.5 Å². The van der Waals surface area contributed by atoms with E-state index in [2.05, 4.69) is 9.82 Å². The molecule has 2 rings (SSSR count). The summed E-state index contributed by atoms with van der Waals surface area (Å²) in [7, 11) is 0. The molecule has 1 aromatic heterocycles. The molecule has 0 aliphatic carbocycles. The van der Waals surface area contributed by atoms with Crippen LogP contribution < -0.4 is 16.1 Å². The average molecular weight is 391 g/mol. The molecule has 10 heteroatoms. The number of fused-ring (bicyclic) bond motifs is 1. The fourth-order valence-electron chi connectivity index (χ4n) is 2.65. The van der Waals surface area contributed by atoms with Gasteiger partial charge in [0.1, 0.15) is 0 Å². The lowest BCUT2D eigenvalue weighted by molar-refractivity contribution is -0.139. The molecule has 0 saturated heterocycles. The first kappa shape index (κ1) is 20.4. The van der Waals surface area contributed by atoms with Gasteiger partial charge in [-0.05, 0) is 42.5 Å². The minimum absolute atomic E-state index is 0.0206. The highest BCUT2D eigenvalue weighted by atomic mass is 32.2. The Labute approximate surface area is 151 Å². The molecule has 6 nitrogen and oxygen atoms in total. The molecule has 1 unspecified atom stereocenters. The molecule has 0 aliphatic heterocycles. The lowest BCUT2D eigenvalue weighted by Gasteiger charge is -2.22. The number of hydrogen-bond acceptors (Lipinski definition) is 5. The molecule has 0 amide bonds. The van der Waals surface area contributed by atoms with Crippen LogP contribution in [0.5, 0.6) is 0 Å². The lowest BCUT2D eigenvalue weighted by Crippen LogP contribution is -2.39. The molecule has 0 bridgehead atoms. The van der Waals surface area contributed by atoms with Gasteiger partial charge in [0.15, 0.2) is 0 Å². The number of H-pyrrole nitrogens is 1. The van der Waals surface area contributed by atoms with Gasteiger partial charge in [0.05, 0.1) is 22.6 Å². The van der Waals surface area contributed by atoms with Crippen molar-refractivity contribution >= 4 is 22.9 Å². The van der Waals surface area contributed by atoms with Crippen LogP contribution in [0.4, 0.5) is 13.2 Å². The molecule has 1 aromatic carbocycles. The number of alkyl halides is 3. The third-order valence-corrected chi connectivity index (χ3v) is 4.16. The van der Waals surface area contributed by atoms with Gasteiger partial charge in [0.2, 0.25) is 0 Å². The molecule has 144 valence electrons. The molecule has 2 N–H and O–H groups in total. The molecule has 0 radical (unpaired) electrons. The Hall–Kier alpha value is -1.94. The Morgan fingerprint density at radius 3 is 2.54 bits per heavy atom. The lowest BCUT2D eigenvalue weighted by atomic mass is 9.97. The van der Waals surface area contributed by atoms with Crippen LogP contribution in [-0.2, 0) is 10.9 Å². The van der Waals surface area contributed by atoms with Crippen molar-refractivity contribution in [2.75, 3.05) is 17.7 Å². The van der Waals surface area contributed by atoms with Crippen molar-refractivity contribution in [2.45, 2.75) is 39.0 Å². The van der Waals surface area contributed by atoms with E-state index in [-0.39, 0.29) is 16.5 Å². The molecule has 0 fully saturated rings. The quantitative estimate of drug-likeness (QED) is 0.708. The van der Waals surface area contributed by atoms with E-state index in [0.717, 1.165) is 22.7 Å². The minimum Gasteiger partial charge on any atom is -0.374 e. The highest BCUT2D eigenvalue weighted by Gasteiger charge is 2.36. The Kier molecular flexibility index (Phi) is 6.40. The van der Waals surface area contributed by atoms with E-state index in [1.807, 2.05) is 6.92 Å². The van der Waals surface area contributed by atoms with Gasteiger partial charge in [-0.25, -0.2) is 4.79 Å². The maximum absolute atomic E-state index is 13.5. The first-order chi connectivity index (χ1) is 12.2. The molecule has 2 aromatic rings. The van der Waals surface area contributed by atoms with Gasteiger partial charge in [0.25, 0.3) is 5.56 Å². The fourth-order valence-corrected chi connectivity index (χ4v) is 3.00. The number of hydrogen-bond donors (Lipinski definition) is 2. The summed E-state index contributed by atoms with van der Waals surface area (Å²) in [6.45, 7) is 3.87. The van der Waals surface area contributed by atoms with Gasteiger partial charge in [-0.2, -0.15) is 17.8 Å². The molecule has 0 spiro atoms. The molecular weight excluding hydrogens is 371 g/mol. The number of aromatic amines is 1. The van der Waals surface area contributed by atoms with Crippen LogP contribution in [0, 0.1) is 0 Å². The molecule has 0 saturated carbocycles. The highest BCUT2D eigenvalue weighted by molar-refractivity contribution is 7.99. The first-order valence-corrected chi connectivity index (χ1v) is 9.27. The number of aromatic nitrogens is 2. The van der Waals surface area contributed by atoms with Crippen molar-refractivity contribution < 1.29 is 17.9 Å². The Morgan fingerprint density at radius 2 is 2.00 bits per heavy atom. The molecule has 1 atom stereocenters. The smallest absolute Gasteiger partial charge is 0.374 e. The minimum atomic E-state index is -4.64. The predicted molar refractivity (Wildman–Crippen MR) is 96.0 cm³/mol. The van der Waals surface area contributed by atoms with E-state index in [1.165, 1.54) is 6.07 Å². The Bertz CT molecular complexity index is 892. The van der Waals surface area contributed by atoms with Gasteiger partial charge in [-0.15, -0.1) is 0 Å². The van der Waals surface area contributed by atoms with Crippen molar-refractivity contribution in [2.24, 2.45) is 0 Å². The number of rotatable bonds is 7. The number of halogens is 3. The van der Waals surface area contributed by atoms with Gasteiger partial charge in [-0.1, -0.05) is 13.8 Å². The summed E-state index contributed by atoms with van der Waals surface area (Å²) >= 11 is 1.01. The molecule has 0 aliphatic rings. The van der Waals surface area contributed by atoms with Crippen molar-refractivity contribution in [3.05, 3.63) is 44.1 Å². The van der Waals surface area contributed by atoms with Gasteiger partial charge in [-0.3, -0.25) is 9.63 Å². The Balaban J connectivity index is 2.79. The van der Waals surface area contributed by atoms with Crippen LogP contribution in [0.25, 0.3) is 10.9 Å². The maximum atomic E-state index is 13.5. The maximum Gasteiger partial charge on any atom is 0.416 e. The number of benzene rings is 1. The van der Waals surface area contributed by atoms with Gasteiger partial charge >= 0.3 is 11.9 Å². The summed E-state index contributed by atoms with van der Waals surface area (Å²) < 4.78 is 46.9. The molecular formula is C16H20F3N3O3S. The zero-order valence-electron chi connectivity index (χ0n) is 14.6. The van der Waals surface area contributed by atoms with E-state index >= 15 is 0 Å². The third kappa shape index (κ3) is 4.07. The summed E-state index contributed by atoms with van der Waals surface area (Å²) in [5.41, 5.74) is -2.76. The number of nitrogens with one attached hydrogen (secondary N) is 2. The molecule has 1 heterocycles. The van der Waals surface area contributed by atoms with Crippen LogP contribution in [0.3, 0.4) is 0 Å². The van der Waals surface area contributed by atoms with Crippen LogP contribution >= 0.6 is 11.9 Å². The van der Waals surface area contributed by atoms with E-state index < -0.39 is 29.1 Å². The van der Waals surface area contributed by atoms with Crippen molar-refractivity contribution in [3.8, 4) is 0 Å². The fraction of sp³-hybridized carbons (Fsp3) is 0.500.